The summed E-state index contributed by atoms with van der Waals surface area (Å²) in [4.78, 5) is 12.5. The van der Waals surface area contributed by atoms with Crippen molar-refractivity contribution in [1.29, 1.82) is 0 Å². The average Bonchev–Trinajstić information content (AvgIpc) is 2.67. The predicted octanol–water partition coefficient (Wildman–Crippen LogP) is 5.14. The molecule has 0 radical (unpaired) electrons. The number of anilines is 1. The van der Waals surface area contributed by atoms with E-state index in [0.29, 0.717) is 52.2 Å². The molecule has 0 spiro atoms. The van der Waals surface area contributed by atoms with Gasteiger partial charge in [-0.15, -0.1) is 0 Å². The molecule has 0 aromatic heterocycles. The number of rotatable bonds is 5. The van der Waals surface area contributed by atoms with E-state index in [-0.39, 0.29) is 17.6 Å². The average molecular weight is 476 g/mol. The Kier molecular flexibility index (Phi) is 7.12. The number of carbonyl (C=O) groups excluding carboxylic acids is 1. The van der Waals surface area contributed by atoms with E-state index in [2.05, 4.69) is 5.32 Å². The fraction of sp³-hybridized carbons (Fsp3) is 0.350. The van der Waals surface area contributed by atoms with E-state index < -0.39 is 10.0 Å². The van der Waals surface area contributed by atoms with Crippen LogP contribution in [0.5, 0.6) is 0 Å². The molecular weight excluding hydrogens is 455 g/mol. The molecule has 1 fully saturated rings. The number of carbonyl (C=O) groups is 1. The number of nitrogens with zero attached hydrogens (tertiary/aromatic N) is 1. The molecule has 1 heterocycles. The van der Waals surface area contributed by atoms with Gasteiger partial charge in [-0.3, -0.25) is 4.79 Å². The first-order chi connectivity index (χ1) is 13.7. The van der Waals surface area contributed by atoms with Crippen LogP contribution in [0.1, 0.15) is 24.0 Å². The lowest BCUT2D eigenvalue weighted by Crippen LogP contribution is -2.41. The van der Waals surface area contributed by atoms with Gasteiger partial charge in [0.25, 0.3) is 0 Å². The molecule has 1 saturated heterocycles. The second-order valence-corrected chi connectivity index (χ2v) is 10.3. The van der Waals surface area contributed by atoms with Gasteiger partial charge in [-0.25, -0.2) is 12.7 Å². The van der Waals surface area contributed by atoms with Gasteiger partial charge < -0.3 is 5.32 Å². The van der Waals surface area contributed by atoms with Gasteiger partial charge in [0, 0.05) is 39.8 Å². The molecule has 156 valence electrons. The molecule has 1 N–H and O–H groups in total. The molecule has 2 aromatic carbocycles. The Morgan fingerprint density at radius 1 is 1.07 bits per heavy atom. The van der Waals surface area contributed by atoms with Crippen molar-refractivity contribution >= 4 is 56.4 Å². The van der Waals surface area contributed by atoms with E-state index in [9.17, 15) is 13.2 Å². The first kappa shape index (κ1) is 22.4. The Morgan fingerprint density at radius 2 is 1.76 bits per heavy atom. The summed E-state index contributed by atoms with van der Waals surface area (Å²) >= 11 is 18.1. The second kappa shape index (κ2) is 9.23. The molecule has 0 unspecified atom stereocenters. The van der Waals surface area contributed by atoms with Gasteiger partial charge in [-0.2, -0.15) is 0 Å². The smallest absolute Gasteiger partial charge is 0.227 e. The molecule has 1 aliphatic heterocycles. The van der Waals surface area contributed by atoms with Gasteiger partial charge in [0.15, 0.2) is 0 Å². The van der Waals surface area contributed by atoms with Crippen molar-refractivity contribution in [2.45, 2.75) is 25.5 Å². The standard InChI is InChI=1S/C20H21Cl3N2O3S/c1-13-2-5-17(11-18(13)22)24-20(26)14-6-8-25(9-7-14)29(27,28)12-15-3-4-16(21)10-19(15)23/h2-5,10-11,14H,6-9,12H2,1H3,(H,24,26). The summed E-state index contributed by atoms with van der Waals surface area (Å²) in [6, 6.07) is 10.1. The molecule has 0 saturated carbocycles. The van der Waals surface area contributed by atoms with Gasteiger partial charge in [-0.05, 0) is 55.2 Å². The highest BCUT2D eigenvalue weighted by Gasteiger charge is 2.31. The number of piperidine rings is 1. The zero-order valence-corrected chi connectivity index (χ0v) is 18.9. The maximum absolute atomic E-state index is 12.7. The molecule has 2 aromatic rings. The Bertz CT molecular complexity index is 1020. The molecule has 29 heavy (non-hydrogen) atoms. The molecule has 5 nitrogen and oxygen atoms in total. The maximum atomic E-state index is 12.7. The van der Waals surface area contributed by atoms with Crippen LogP contribution in [0.2, 0.25) is 15.1 Å². The van der Waals surface area contributed by atoms with Crippen LogP contribution < -0.4 is 5.32 Å². The molecule has 1 amide bonds. The van der Waals surface area contributed by atoms with Crippen LogP contribution in [-0.2, 0) is 20.6 Å². The maximum Gasteiger partial charge on any atom is 0.227 e. The van der Waals surface area contributed by atoms with Crippen molar-refractivity contribution in [2.24, 2.45) is 5.92 Å². The third-order valence-corrected chi connectivity index (χ3v) is 7.83. The highest BCUT2D eigenvalue weighted by atomic mass is 35.5. The zero-order chi connectivity index (χ0) is 21.2. The Hall–Kier alpha value is -1.31. The van der Waals surface area contributed by atoms with Crippen molar-refractivity contribution in [3.63, 3.8) is 0 Å². The summed E-state index contributed by atoms with van der Waals surface area (Å²) in [6.07, 6.45) is 0.915. The van der Waals surface area contributed by atoms with E-state index in [1.807, 2.05) is 13.0 Å². The predicted molar refractivity (Wildman–Crippen MR) is 118 cm³/mol. The van der Waals surface area contributed by atoms with Crippen LogP contribution >= 0.6 is 34.8 Å². The molecule has 0 bridgehead atoms. The van der Waals surface area contributed by atoms with Crippen LogP contribution in [0.15, 0.2) is 36.4 Å². The van der Waals surface area contributed by atoms with Gasteiger partial charge >= 0.3 is 0 Å². The SMILES string of the molecule is Cc1ccc(NC(=O)C2CCN(S(=O)(=O)Cc3ccc(Cl)cc3Cl)CC2)cc1Cl. The summed E-state index contributed by atoms with van der Waals surface area (Å²) in [7, 11) is -3.53. The summed E-state index contributed by atoms with van der Waals surface area (Å²) in [5, 5.41) is 4.23. The van der Waals surface area contributed by atoms with E-state index in [1.54, 1.807) is 24.3 Å². The van der Waals surface area contributed by atoms with Crippen LogP contribution in [0.25, 0.3) is 0 Å². The minimum Gasteiger partial charge on any atom is -0.326 e. The van der Waals surface area contributed by atoms with Crippen molar-refractivity contribution in [2.75, 3.05) is 18.4 Å². The van der Waals surface area contributed by atoms with Crippen molar-refractivity contribution in [3.8, 4) is 0 Å². The van der Waals surface area contributed by atoms with E-state index in [1.165, 1.54) is 10.4 Å². The minimum absolute atomic E-state index is 0.122. The number of nitrogens with one attached hydrogen (secondary N) is 1. The summed E-state index contributed by atoms with van der Waals surface area (Å²) in [6.45, 7) is 2.47. The molecule has 3 rings (SSSR count). The molecule has 1 aliphatic rings. The molecule has 9 heteroatoms. The minimum atomic E-state index is -3.53. The van der Waals surface area contributed by atoms with Gasteiger partial charge in [0.2, 0.25) is 15.9 Å². The zero-order valence-electron chi connectivity index (χ0n) is 15.8. The lowest BCUT2D eigenvalue weighted by molar-refractivity contribution is -0.120. The van der Waals surface area contributed by atoms with Crippen molar-refractivity contribution in [3.05, 3.63) is 62.6 Å². The normalized spacial score (nSPS) is 16.0. The number of benzene rings is 2. The van der Waals surface area contributed by atoms with Crippen molar-refractivity contribution < 1.29 is 13.2 Å². The quantitative estimate of drug-likeness (QED) is 0.651. The third kappa shape index (κ3) is 5.64. The van der Waals surface area contributed by atoms with Gasteiger partial charge in [0.1, 0.15) is 0 Å². The first-order valence-electron chi connectivity index (χ1n) is 9.14. The first-order valence-corrected chi connectivity index (χ1v) is 11.9. The van der Waals surface area contributed by atoms with Crippen molar-refractivity contribution in [1.82, 2.24) is 4.31 Å². The number of aryl methyl sites for hydroxylation is 1. The number of amides is 1. The highest BCUT2D eigenvalue weighted by molar-refractivity contribution is 7.88. The summed E-state index contributed by atoms with van der Waals surface area (Å²) in [5.74, 6) is -0.565. The van der Waals surface area contributed by atoms with Gasteiger partial charge in [-0.1, -0.05) is 46.9 Å². The topological polar surface area (TPSA) is 66.5 Å². The van der Waals surface area contributed by atoms with Gasteiger partial charge in [0.05, 0.1) is 5.75 Å². The third-order valence-electron chi connectivity index (χ3n) is 5.01. The number of halogens is 3. The molecule has 0 atom stereocenters. The lowest BCUT2D eigenvalue weighted by Gasteiger charge is -2.30. The number of hydrogen-bond acceptors (Lipinski definition) is 3. The van der Waals surface area contributed by atoms with E-state index in [0.717, 1.165) is 5.56 Å². The highest BCUT2D eigenvalue weighted by Crippen LogP contribution is 2.27. The van der Waals surface area contributed by atoms with Crippen LogP contribution in [0, 0.1) is 12.8 Å². The monoisotopic (exact) mass is 474 g/mol. The fourth-order valence-corrected chi connectivity index (χ4v) is 5.57. The Balaban J connectivity index is 1.58. The molecular formula is C20H21Cl3N2O3S. The van der Waals surface area contributed by atoms with Crippen LogP contribution in [-0.4, -0.2) is 31.7 Å². The lowest BCUT2D eigenvalue weighted by atomic mass is 9.97. The summed E-state index contributed by atoms with van der Waals surface area (Å²) < 4.78 is 26.9. The van der Waals surface area contributed by atoms with E-state index >= 15 is 0 Å². The number of hydrogen-bond donors (Lipinski definition) is 1. The summed E-state index contributed by atoms with van der Waals surface area (Å²) in [5.41, 5.74) is 2.08. The Morgan fingerprint density at radius 3 is 2.38 bits per heavy atom. The van der Waals surface area contributed by atoms with E-state index in [4.69, 9.17) is 34.8 Å². The van der Waals surface area contributed by atoms with Crippen LogP contribution in [0.3, 0.4) is 0 Å². The van der Waals surface area contributed by atoms with Crippen LogP contribution in [0.4, 0.5) is 5.69 Å². The number of sulfonamides is 1. The fourth-order valence-electron chi connectivity index (χ4n) is 3.24. The largest absolute Gasteiger partial charge is 0.326 e. The molecule has 0 aliphatic carbocycles. The Labute approximate surface area is 186 Å². The second-order valence-electron chi connectivity index (χ2n) is 7.12.